The Morgan fingerprint density at radius 1 is 1.00 bits per heavy atom. The number of rotatable bonds is 1. The number of nitrogens with zero attached hydrogens (tertiary/aromatic N) is 3. The summed E-state index contributed by atoms with van der Waals surface area (Å²) >= 11 is 6.29. The molecular formula is C21H17ClN4. The van der Waals surface area contributed by atoms with Gasteiger partial charge in [-0.2, -0.15) is 0 Å². The SMILES string of the molecule is C[C@H]1CNc2ccc(Cl)cc2-n2c(-c3ccc4ccccc4c3)nnc21. The van der Waals surface area contributed by atoms with Crippen molar-refractivity contribution in [2.45, 2.75) is 12.8 Å². The van der Waals surface area contributed by atoms with Gasteiger partial charge in [0.1, 0.15) is 5.82 Å². The Morgan fingerprint density at radius 3 is 2.73 bits per heavy atom. The third-order valence-corrected chi connectivity index (χ3v) is 5.17. The molecule has 0 spiro atoms. The summed E-state index contributed by atoms with van der Waals surface area (Å²) in [5.41, 5.74) is 3.08. The average Bonchev–Trinajstić information content (AvgIpc) is 3.06. The van der Waals surface area contributed by atoms with Crippen LogP contribution in [0.5, 0.6) is 0 Å². The third kappa shape index (κ3) is 2.37. The second-order valence-electron chi connectivity index (χ2n) is 6.72. The summed E-state index contributed by atoms with van der Waals surface area (Å²) in [5.74, 6) is 2.02. The van der Waals surface area contributed by atoms with Gasteiger partial charge in [0.05, 0.1) is 11.4 Å². The van der Waals surface area contributed by atoms with Crippen LogP contribution in [0.15, 0.2) is 60.7 Å². The Labute approximate surface area is 156 Å². The molecule has 1 aliphatic heterocycles. The van der Waals surface area contributed by atoms with Crippen molar-refractivity contribution in [2.24, 2.45) is 0 Å². The fourth-order valence-electron chi connectivity index (χ4n) is 3.56. The topological polar surface area (TPSA) is 42.7 Å². The van der Waals surface area contributed by atoms with E-state index in [0.717, 1.165) is 35.1 Å². The van der Waals surface area contributed by atoms with Gasteiger partial charge in [0.15, 0.2) is 5.82 Å². The summed E-state index contributed by atoms with van der Waals surface area (Å²) in [5, 5.41) is 15.6. The number of aromatic nitrogens is 3. The van der Waals surface area contributed by atoms with E-state index in [9.17, 15) is 0 Å². The molecule has 1 N–H and O–H groups in total. The molecule has 0 bridgehead atoms. The van der Waals surface area contributed by atoms with E-state index in [0.29, 0.717) is 5.02 Å². The van der Waals surface area contributed by atoms with Crippen molar-refractivity contribution < 1.29 is 0 Å². The second kappa shape index (κ2) is 5.85. The Bertz CT molecular complexity index is 1130. The van der Waals surface area contributed by atoms with Crippen molar-refractivity contribution in [3.63, 3.8) is 0 Å². The first-order valence-electron chi connectivity index (χ1n) is 8.69. The first-order chi connectivity index (χ1) is 12.7. The van der Waals surface area contributed by atoms with E-state index in [-0.39, 0.29) is 5.92 Å². The minimum absolute atomic E-state index is 0.239. The molecule has 0 saturated heterocycles. The fourth-order valence-corrected chi connectivity index (χ4v) is 3.73. The van der Waals surface area contributed by atoms with Crippen LogP contribution < -0.4 is 5.32 Å². The third-order valence-electron chi connectivity index (χ3n) is 4.94. The highest BCUT2D eigenvalue weighted by molar-refractivity contribution is 6.30. The van der Waals surface area contributed by atoms with Gasteiger partial charge in [0.2, 0.25) is 0 Å². The molecule has 2 heterocycles. The highest BCUT2D eigenvalue weighted by Crippen LogP contribution is 2.35. The standard InChI is InChI=1S/C21H17ClN4/c1-13-12-23-18-9-8-17(22)11-19(18)26-20(13)24-25-21(26)16-7-6-14-4-2-3-5-15(14)10-16/h2-11,13,23H,12H2,1H3/t13-/m0/s1. The molecule has 1 aromatic heterocycles. The lowest BCUT2D eigenvalue weighted by Crippen LogP contribution is -2.09. The number of fused-ring (bicyclic) bond motifs is 4. The molecule has 0 unspecified atom stereocenters. The van der Waals surface area contributed by atoms with Gasteiger partial charge >= 0.3 is 0 Å². The van der Waals surface area contributed by atoms with Crippen molar-refractivity contribution in [1.82, 2.24) is 14.8 Å². The van der Waals surface area contributed by atoms with Gasteiger partial charge < -0.3 is 5.32 Å². The molecule has 0 fully saturated rings. The lowest BCUT2D eigenvalue weighted by Gasteiger charge is -2.13. The van der Waals surface area contributed by atoms with Crippen molar-refractivity contribution in [2.75, 3.05) is 11.9 Å². The molecule has 5 heteroatoms. The molecular weight excluding hydrogens is 344 g/mol. The van der Waals surface area contributed by atoms with E-state index in [1.54, 1.807) is 0 Å². The second-order valence-corrected chi connectivity index (χ2v) is 7.16. The van der Waals surface area contributed by atoms with Crippen LogP contribution in [0, 0.1) is 0 Å². The van der Waals surface area contributed by atoms with Gasteiger partial charge in [-0.1, -0.05) is 54.9 Å². The van der Waals surface area contributed by atoms with Crippen LogP contribution in [0.25, 0.3) is 27.8 Å². The number of hydrogen-bond acceptors (Lipinski definition) is 3. The summed E-state index contributed by atoms with van der Waals surface area (Å²) in [4.78, 5) is 0. The summed E-state index contributed by atoms with van der Waals surface area (Å²) in [7, 11) is 0. The molecule has 26 heavy (non-hydrogen) atoms. The fraction of sp³-hybridized carbons (Fsp3) is 0.143. The van der Waals surface area contributed by atoms with Crippen LogP contribution in [0.4, 0.5) is 5.69 Å². The molecule has 3 aromatic carbocycles. The van der Waals surface area contributed by atoms with Crippen LogP contribution in [0.1, 0.15) is 18.7 Å². The van der Waals surface area contributed by atoms with Crippen LogP contribution in [-0.2, 0) is 0 Å². The normalized spacial score (nSPS) is 15.8. The molecule has 5 rings (SSSR count). The van der Waals surface area contributed by atoms with Crippen molar-refractivity contribution >= 4 is 28.1 Å². The maximum atomic E-state index is 6.29. The summed E-state index contributed by atoms with van der Waals surface area (Å²) in [6, 6.07) is 20.6. The highest BCUT2D eigenvalue weighted by atomic mass is 35.5. The molecule has 0 saturated carbocycles. The number of benzene rings is 3. The van der Waals surface area contributed by atoms with E-state index in [2.05, 4.69) is 69.5 Å². The number of hydrogen-bond donors (Lipinski definition) is 1. The monoisotopic (exact) mass is 360 g/mol. The van der Waals surface area contributed by atoms with Crippen molar-refractivity contribution in [3.05, 3.63) is 71.5 Å². The lowest BCUT2D eigenvalue weighted by atomic mass is 10.1. The highest BCUT2D eigenvalue weighted by Gasteiger charge is 2.25. The quantitative estimate of drug-likeness (QED) is 0.503. The first-order valence-corrected chi connectivity index (χ1v) is 9.07. The van der Waals surface area contributed by atoms with Crippen molar-refractivity contribution in [1.29, 1.82) is 0 Å². The summed E-state index contributed by atoms with van der Waals surface area (Å²) < 4.78 is 2.13. The molecule has 128 valence electrons. The van der Waals surface area contributed by atoms with Crippen LogP contribution in [-0.4, -0.2) is 21.3 Å². The maximum Gasteiger partial charge on any atom is 0.168 e. The number of nitrogens with one attached hydrogen (secondary N) is 1. The Balaban J connectivity index is 1.78. The van der Waals surface area contributed by atoms with E-state index < -0.39 is 0 Å². The minimum atomic E-state index is 0.239. The van der Waals surface area contributed by atoms with Gasteiger partial charge in [-0.3, -0.25) is 4.57 Å². The minimum Gasteiger partial charge on any atom is -0.383 e. The molecule has 0 amide bonds. The van der Waals surface area contributed by atoms with E-state index in [4.69, 9.17) is 11.6 Å². The van der Waals surface area contributed by atoms with E-state index in [1.807, 2.05) is 18.2 Å². The molecule has 1 aliphatic rings. The van der Waals surface area contributed by atoms with Gasteiger partial charge in [0, 0.05) is 23.0 Å². The smallest absolute Gasteiger partial charge is 0.168 e. The van der Waals surface area contributed by atoms with Gasteiger partial charge in [-0.25, -0.2) is 0 Å². The molecule has 0 radical (unpaired) electrons. The van der Waals surface area contributed by atoms with Crippen LogP contribution >= 0.6 is 11.6 Å². The predicted octanol–water partition coefficient (Wildman–Crippen LogP) is 5.27. The zero-order chi connectivity index (χ0) is 17.7. The maximum absolute atomic E-state index is 6.29. The Hall–Kier alpha value is -2.85. The first kappa shape index (κ1) is 15.4. The molecule has 1 atom stereocenters. The van der Waals surface area contributed by atoms with E-state index in [1.165, 1.54) is 10.8 Å². The van der Waals surface area contributed by atoms with Gasteiger partial charge in [-0.15, -0.1) is 10.2 Å². The predicted molar refractivity (Wildman–Crippen MR) is 106 cm³/mol. The Kier molecular flexibility index (Phi) is 3.47. The van der Waals surface area contributed by atoms with Gasteiger partial charge in [0.25, 0.3) is 0 Å². The molecule has 4 nitrogen and oxygen atoms in total. The Morgan fingerprint density at radius 2 is 1.85 bits per heavy atom. The zero-order valence-corrected chi connectivity index (χ0v) is 15.0. The van der Waals surface area contributed by atoms with Gasteiger partial charge in [-0.05, 0) is 35.0 Å². The number of halogens is 1. The van der Waals surface area contributed by atoms with Crippen molar-refractivity contribution in [3.8, 4) is 17.1 Å². The lowest BCUT2D eigenvalue weighted by molar-refractivity contribution is 0.725. The van der Waals surface area contributed by atoms with E-state index >= 15 is 0 Å². The van der Waals surface area contributed by atoms with Crippen LogP contribution in [0.3, 0.4) is 0 Å². The molecule has 0 aliphatic carbocycles. The number of anilines is 1. The zero-order valence-electron chi connectivity index (χ0n) is 14.3. The average molecular weight is 361 g/mol. The largest absolute Gasteiger partial charge is 0.383 e. The summed E-state index contributed by atoms with van der Waals surface area (Å²) in [6.07, 6.45) is 0. The molecule has 4 aromatic rings. The summed E-state index contributed by atoms with van der Waals surface area (Å²) in [6.45, 7) is 2.97. The van der Waals surface area contributed by atoms with Crippen LogP contribution in [0.2, 0.25) is 5.02 Å².